The number of unbranched alkanes of at least 4 members (excludes halogenated alkanes) is 2. The molecule has 0 aliphatic carbocycles. The van der Waals surface area contributed by atoms with Crippen molar-refractivity contribution in [2.24, 2.45) is 27.9 Å². The lowest BCUT2D eigenvalue weighted by molar-refractivity contribution is -0.135. The minimum absolute atomic E-state index is 0.137. The second kappa shape index (κ2) is 18.9. The van der Waals surface area contributed by atoms with Crippen molar-refractivity contribution in [3.05, 3.63) is 24.4 Å². The van der Waals surface area contributed by atoms with Gasteiger partial charge in [0.15, 0.2) is 5.96 Å². The maximum Gasteiger partial charge on any atom is 0.352 e. The Balaban J connectivity index is 5.38. The van der Waals surface area contributed by atoms with Crippen LogP contribution in [0.2, 0.25) is 0 Å². The van der Waals surface area contributed by atoms with E-state index in [1.807, 2.05) is 0 Å². The number of carboxylic acids is 1. The molecule has 0 radical (unpaired) electrons. The van der Waals surface area contributed by atoms with Crippen LogP contribution >= 0.6 is 0 Å². The number of nitrogens with zero attached hydrogens (tertiary/aromatic N) is 1. The van der Waals surface area contributed by atoms with Crippen LogP contribution in [0.15, 0.2) is 29.4 Å². The second-order valence-corrected chi connectivity index (χ2v) is 7.74. The van der Waals surface area contributed by atoms with Crippen LogP contribution in [-0.4, -0.2) is 66.5 Å². The van der Waals surface area contributed by atoms with Crippen molar-refractivity contribution in [2.75, 3.05) is 19.6 Å². The zero-order valence-corrected chi connectivity index (χ0v) is 20.1. The maximum atomic E-state index is 12.9. The summed E-state index contributed by atoms with van der Waals surface area (Å²) < 4.78 is 0. The van der Waals surface area contributed by atoms with E-state index in [1.54, 1.807) is 0 Å². The highest BCUT2D eigenvalue weighted by Gasteiger charge is 2.27. The highest BCUT2D eigenvalue weighted by Crippen LogP contribution is 2.06. The van der Waals surface area contributed by atoms with Crippen molar-refractivity contribution in [3.63, 3.8) is 0 Å². The zero-order valence-electron chi connectivity index (χ0n) is 20.1. The number of nitrogens with one attached hydrogen (secondary N) is 3. The molecule has 0 unspecified atom stereocenters. The van der Waals surface area contributed by atoms with E-state index in [9.17, 15) is 24.3 Å². The number of amides is 3. The first-order chi connectivity index (χ1) is 16.7. The number of guanidine groups is 1. The lowest BCUT2D eigenvalue weighted by Gasteiger charge is -2.23. The molecule has 13 nitrogen and oxygen atoms in total. The minimum Gasteiger partial charge on any atom is -0.477 e. The molecular formula is C22H40N8O5. The Morgan fingerprint density at radius 2 is 1.60 bits per heavy atom. The number of aliphatic carboxylic acids is 1. The number of aliphatic imine (C=N–C) groups is 1. The average molecular weight is 497 g/mol. The average Bonchev–Trinajstić information content (AvgIpc) is 2.79. The molecule has 0 aliphatic rings. The summed E-state index contributed by atoms with van der Waals surface area (Å²) in [5.41, 5.74) is 21.1. The summed E-state index contributed by atoms with van der Waals surface area (Å²) in [6, 6.07) is -1.98. The Labute approximate surface area is 205 Å². The standard InChI is InChI=1S/C22H40N8O5/c1-2-8-15(28-18(31)11-4-6-13-24)19(32)29-16(9-3-5-12-23)20(33)30-17(21(34)35)10-7-14-27-22(25)26/h2,10,15-16H,1,3-9,11-14,23-24H2,(H,28,31)(H,29,32)(H,30,33)(H,34,35)(H4,25,26,27)/b17-10-/t15-,16-/m0/s1. The third kappa shape index (κ3) is 15.1. The van der Waals surface area contributed by atoms with E-state index >= 15 is 0 Å². The third-order valence-electron chi connectivity index (χ3n) is 4.75. The Bertz CT molecular complexity index is 765. The van der Waals surface area contributed by atoms with Crippen molar-refractivity contribution in [3.8, 4) is 0 Å². The highest BCUT2D eigenvalue weighted by molar-refractivity contribution is 5.96. The Morgan fingerprint density at radius 1 is 0.943 bits per heavy atom. The summed E-state index contributed by atoms with van der Waals surface area (Å²) >= 11 is 0. The molecule has 0 saturated carbocycles. The van der Waals surface area contributed by atoms with E-state index in [0.717, 1.165) is 0 Å². The maximum absolute atomic E-state index is 12.9. The van der Waals surface area contributed by atoms with Gasteiger partial charge in [-0.3, -0.25) is 19.4 Å². The van der Waals surface area contributed by atoms with Crippen molar-refractivity contribution < 1.29 is 24.3 Å². The first-order valence-corrected chi connectivity index (χ1v) is 11.6. The number of carbonyl (C=O) groups is 4. The highest BCUT2D eigenvalue weighted by atomic mass is 16.4. The zero-order chi connectivity index (χ0) is 26.6. The molecule has 0 heterocycles. The van der Waals surface area contributed by atoms with Crippen molar-refractivity contribution in [1.82, 2.24) is 16.0 Å². The Morgan fingerprint density at radius 3 is 2.17 bits per heavy atom. The molecule has 3 amide bonds. The van der Waals surface area contributed by atoms with E-state index in [0.29, 0.717) is 38.8 Å². The van der Waals surface area contributed by atoms with Crippen LogP contribution in [0.5, 0.6) is 0 Å². The van der Waals surface area contributed by atoms with Crippen LogP contribution in [0.4, 0.5) is 0 Å². The Hall–Kier alpha value is -3.45. The number of carbonyl (C=O) groups excluding carboxylic acids is 3. The van der Waals surface area contributed by atoms with Crippen molar-refractivity contribution >= 4 is 29.7 Å². The predicted molar refractivity (Wildman–Crippen MR) is 134 cm³/mol. The van der Waals surface area contributed by atoms with Gasteiger partial charge in [0.25, 0.3) is 0 Å². The van der Waals surface area contributed by atoms with E-state index in [-0.39, 0.29) is 49.8 Å². The molecule has 35 heavy (non-hydrogen) atoms. The summed E-state index contributed by atoms with van der Waals surface area (Å²) in [7, 11) is 0. The first kappa shape index (κ1) is 31.6. The van der Waals surface area contributed by atoms with Crippen LogP contribution in [0.3, 0.4) is 0 Å². The van der Waals surface area contributed by atoms with E-state index in [2.05, 4.69) is 27.5 Å². The number of hydrogen-bond donors (Lipinski definition) is 8. The molecule has 0 rings (SSSR count). The summed E-state index contributed by atoms with van der Waals surface area (Å²) in [6.07, 6.45) is 5.90. The van der Waals surface area contributed by atoms with Crippen LogP contribution in [0, 0.1) is 0 Å². The van der Waals surface area contributed by atoms with E-state index < -0.39 is 29.9 Å². The van der Waals surface area contributed by atoms with Crippen molar-refractivity contribution in [2.45, 2.75) is 63.5 Å². The summed E-state index contributed by atoms with van der Waals surface area (Å²) in [5.74, 6) is -3.11. The fraction of sp³-hybridized carbons (Fsp3) is 0.591. The fourth-order valence-electron chi connectivity index (χ4n) is 2.94. The molecule has 0 spiro atoms. The van der Waals surface area contributed by atoms with Gasteiger partial charge in [-0.1, -0.05) is 12.2 Å². The molecule has 0 aromatic rings. The van der Waals surface area contributed by atoms with Crippen LogP contribution in [0.1, 0.15) is 51.4 Å². The van der Waals surface area contributed by atoms with E-state index in [4.69, 9.17) is 22.9 Å². The molecule has 0 saturated heterocycles. The lowest BCUT2D eigenvalue weighted by Crippen LogP contribution is -2.53. The molecule has 198 valence electrons. The molecule has 13 heteroatoms. The topological polar surface area (TPSA) is 241 Å². The predicted octanol–water partition coefficient (Wildman–Crippen LogP) is -1.46. The molecule has 12 N–H and O–H groups in total. The molecule has 0 aliphatic heterocycles. The van der Waals surface area contributed by atoms with Crippen LogP contribution in [0.25, 0.3) is 0 Å². The lowest BCUT2D eigenvalue weighted by atomic mass is 10.1. The summed E-state index contributed by atoms with van der Waals surface area (Å²) in [6.45, 7) is 4.60. The summed E-state index contributed by atoms with van der Waals surface area (Å²) in [4.78, 5) is 53.2. The van der Waals surface area contributed by atoms with Gasteiger partial charge in [-0.05, 0) is 58.0 Å². The van der Waals surface area contributed by atoms with Crippen molar-refractivity contribution in [1.29, 1.82) is 0 Å². The van der Waals surface area contributed by atoms with Gasteiger partial charge < -0.3 is 44.0 Å². The fourth-order valence-corrected chi connectivity index (χ4v) is 2.94. The van der Waals surface area contributed by atoms with Crippen LogP contribution < -0.4 is 38.9 Å². The molecule has 0 aromatic heterocycles. The number of carboxylic acid groups (broad SMARTS) is 1. The second-order valence-electron chi connectivity index (χ2n) is 7.74. The smallest absolute Gasteiger partial charge is 0.352 e. The number of rotatable bonds is 19. The molecule has 0 bridgehead atoms. The van der Waals surface area contributed by atoms with Gasteiger partial charge in [0, 0.05) is 13.0 Å². The Kier molecular flexibility index (Phi) is 17.1. The SMILES string of the molecule is C=CC[C@H](NC(=O)CCCCN)C(=O)N[C@@H](CCCCN)C(=O)N/C(=C\CCN=C(N)N)C(=O)O. The monoisotopic (exact) mass is 496 g/mol. The van der Waals surface area contributed by atoms with Gasteiger partial charge >= 0.3 is 5.97 Å². The molecule has 2 atom stereocenters. The van der Waals surface area contributed by atoms with E-state index in [1.165, 1.54) is 12.2 Å². The van der Waals surface area contributed by atoms with Gasteiger partial charge in [0.1, 0.15) is 17.8 Å². The normalized spacial score (nSPS) is 12.7. The first-order valence-electron chi connectivity index (χ1n) is 11.6. The molecular weight excluding hydrogens is 456 g/mol. The van der Waals surface area contributed by atoms with Gasteiger partial charge in [0.2, 0.25) is 17.7 Å². The van der Waals surface area contributed by atoms with Gasteiger partial charge in [-0.15, -0.1) is 6.58 Å². The number of hydrogen-bond acceptors (Lipinski definition) is 7. The third-order valence-corrected chi connectivity index (χ3v) is 4.75. The molecule has 0 aromatic carbocycles. The van der Waals surface area contributed by atoms with Gasteiger partial charge in [0.05, 0.1) is 0 Å². The quantitative estimate of drug-likeness (QED) is 0.0342. The van der Waals surface area contributed by atoms with Gasteiger partial charge in [-0.2, -0.15) is 0 Å². The van der Waals surface area contributed by atoms with Crippen LogP contribution in [-0.2, 0) is 19.2 Å². The largest absolute Gasteiger partial charge is 0.477 e. The summed E-state index contributed by atoms with van der Waals surface area (Å²) in [5, 5.41) is 17.0. The number of nitrogens with two attached hydrogens (primary N) is 4. The molecule has 0 fully saturated rings. The van der Waals surface area contributed by atoms with Gasteiger partial charge in [-0.25, -0.2) is 4.79 Å². The minimum atomic E-state index is -1.36.